The van der Waals surface area contributed by atoms with Crippen molar-refractivity contribution in [2.75, 3.05) is 18.6 Å². The Morgan fingerprint density at radius 2 is 2.31 bits per heavy atom. The van der Waals surface area contributed by atoms with Gasteiger partial charge in [0, 0.05) is 29.4 Å². The van der Waals surface area contributed by atoms with Crippen molar-refractivity contribution in [3.8, 4) is 0 Å². The topological polar surface area (TPSA) is 43.4 Å². The fraction of sp³-hybridized carbons (Fsp3) is 0.889. The molecule has 1 heterocycles. The van der Waals surface area contributed by atoms with Crippen molar-refractivity contribution in [3.63, 3.8) is 0 Å². The molecule has 0 radical (unpaired) electrons. The van der Waals surface area contributed by atoms with Gasteiger partial charge in [0.05, 0.1) is 0 Å². The van der Waals surface area contributed by atoms with Crippen LogP contribution in [-0.4, -0.2) is 34.7 Å². The molecule has 0 amide bonds. The number of hydrogen-bond donors (Lipinski definition) is 0. The summed E-state index contributed by atoms with van der Waals surface area (Å²) in [6, 6.07) is 0. The molecule has 76 valence electrons. The molecule has 2 unspecified atom stereocenters. The third-order valence-electron chi connectivity index (χ3n) is 2.41. The summed E-state index contributed by atoms with van der Waals surface area (Å²) in [5.41, 5.74) is -0.621. The van der Waals surface area contributed by atoms with E-state index in [2.05, 4.69) is 0 Å². The van der Waals surface area contributed by atoms with Crippen molar-refractivity contribution in [1.82, 2.24) is 0 Å². The first-order chi connectivity index (χ1) is 6.18. The standard InChI is InChI=1S/C9H16O3S/c1-13(11)7-5-9(8-10)4-2-3-6-12-9/h8H,2-7H2,1H3. The molecule has 2 atom stereocenters. The smallest absolute Gasteiger partial charge is 0.151 e. The molecule has 0 spiro atoms. The molecule has 3 nitrogen and oxygen atoms in total. The van der Waals surface area contributed by atoms with Crippen LogP contribution < -0.4 is 0 Å². The number of ether oxygens (including phenoxy) is 1. The third-order valence-corrected chi connectivity index (χ3v) is 3.19. The van der Waals surface area contributed by atoms with Crippen LogP contribution in [-0.2, 0) is 20.3 Å². The number of aldehydes is 1. The molecule has 0 bridgehead atoms. The van der Waals surface area contributed by atoms with Crippen LogP contribution in [0.15, 0.2) is 0 Å². The highest BCUT2D eigenvalue weighted by Gasteiger charge is 2.32. The van der Waals surface area contributed by atoms with Crippen LogP contribution in [0.1, 0.15) is 25.7 Å². The maximum Gasteiger partial charge on any atom is 0.151 e. The molecule has 0 saturated carbocycles. The predicted octanol–water partition coefficient (Wildman–Crippen LogP) is 0.893. The lowest BCUT2D eigenvalue weighted by Gasteiger charge is -2.31. The van der Waals surface area contributed by atoms with Crippen LogP contribution in [0.25, 0.3) is 0 Å². The minimum atomic E-state index is -0.834. The summed E-state index contributed by atoms with van der Waals surface area (Å²) in [7, 11) is -0.834. The van der Waals surface area contributed by atoms with Crippen LogP contribution in [0.5, 0.6) is 0 Å². The molecule has 0 aliphatic carbocycles. The Morgan fingerprint density at radius 3 is 2.77 bits per heavy atom. The van der Waals surface area contributed by atoms with Gasteiger partial charge in [0.1, 0.15) is 5.60 Å². The van der Waals surface area contributed by atoms with E-state index in [1.165, 1.54) is 0 Å². The largest absolute Gasteiger partial charge is 0.367 e. The van der Waals surface area contributed by atoms with Crippen molar-refractivity contribution in [3.05, 3.63) is 0 Å². The second-order valence-electron chi connectivity index (χ2n) is 3.52. The van der Waals surface area contributed by atoms with Gasteiger partial charge in [0.15, 0.2) is 6.29 Å². The normalized spacial score (nSPS) is 31.2. The summed E-state index contributed by atoms with van der Waals surface area (Å²) in [4.78, 5) is 10.9. The zero-order valence-corrected chi connectivity index (χ0v) is 8.77. The Kier molecular flexibility index (Phi) is 4.06. The van der Waals surface area contributed by atoms with Gasteiger partial charge in [-0.05, 0) is 25.7 Å². The molecule has 13 heavy (non-hydrogen) atoms. The first-order valence-corrected chi connectivity index (χ1v) is 6.32. The van der Waals surface area contributed by atoms with E-state index in [4.69, 9.17) is 4.74 Å². The van der Waals surface area contributed by atoms with Crippen molar-refractivity contribution in [1.29, 1.82) is 0 Å². The third kappa shape index (κ3) is 3.19. The molecule has 4 heteroatoms. The van der Waals surface area contributed by atoms with Crippen molar-refractivity contribution in [2.45, 2.75) is 31.3 Å². The number of hydrogen-bond acceptors (Lipinski definition) is 3. The summed E-state index contributed by atoms with van der Waals surface area (Å²) in [5.74, 6) is 0.554. The van der Waals surface area contributed by atoms with Crippen LogP contribution in [0.2, 0.25) is 0 Å². The van der Waals surface area contributed by atoms with Crippen LogP contribution in [0.4, 0.5) is 0 Å². The van der Waals surface area contributed by atoms with Gasteiger partial charge in [-0.3, -0.25) is 4.21 Å². The summed E-state index contributed by atoms with van der Waals surface area (Å²) in [6.07, 6.45) is 5.99. The van der Waals surface area contributed by atoms with E-state index in [0.29, 0.717) is 18.8 Å². The van der Waals surface area contributed by atoms with Gasteiger partial charge in [-0.1, -0.05) is 0 Å². The molecule has 1 aliphatic rings. The van der Waals surface area contributed by atoms with Gasteiger partial charge in [0.2, 0.25) is 0 Å². The van der Waals surface area contributed by atoms with E-state index in [9.17, 15) is 9.00 Å². The minimum Gasteiger partial charge on any atom is -0.367 e. The van der Waals surface area contributed by atoms with E-state index in [1.807, 2.05) is 0 Å². The fourth-order valence-electron chi connectivity index (χ4n) is 1.54. The summed E-state index contributed by atoms with van der Waals surface area (Å²) < 4.78 is 16.3. The molecule has 1 fully saturated rings. The lowest BCUT2D eigenvalue weighted by molar-refractivity contribution is -0.137. The van der Waals surface area contributed by atoms with Gasteiger partial charge in [0.25, 0.3) is 0 Å². The second-order valence-corrected chi connectivity index (χ2v) is 5.07. The molecular weight excluding hydrogens is 188 g/mol. The SMILES string of the molecule is CS(=O)CCC1(C=O)CCCCO1. The maximum atomic E-state index is 10.9. The molecule has 1 saturated heterocycles. The van der Waals surface area contributed by atoms with E-state index in [1.54, 1.807) is 6.26 Å². The highest BCUT2D eigenvalue weighted by atomic mass is 32.2. The quantitative estimate of drug-likeness (QED) is 0.639. The Balaban J connectivity index is 2.47. The average molecular weight is 204 g/mol. The number of carbonyl (C=O) groups is 1. The van der Waals surface area contributed by atoms with Gasteiger partial charge >= 0.3 is 0 Å². The molecule has 0 aromatic carbocycles. The summed E-state index contributed by atoms with van der Waals surface area (Å²) >= 11 is 0. The monoisotopic (exact) mass is 204 g/mol. The Hall–Kier alpha value is -0.220. The van der Waals surface area contributed by atoms with Gasteiger partial charge in [-0.2, -0.15) is 0 Å². The highest BCUT2D eigenvalue weighted by Crippen LogP contribution is 2.26. The zero-order chi connectivity index (χ0) is 9.73. The maximum absolute atomic E-state index is 10.9. The Morgan fingerprint density at radius 1 is 1.54 bits per heavy atom. The van der Waals surface area contributed by atoms with Crippen LogP contribution >= 0.6 is 0 Å². The molecule has 1 aliphatic heterocycles. The van der Waals surface area contributed by atoms with Crippen LogP contribution in [0, 0.1) is 0 Å². The zero-order valence-electron chi connectivity index (χ0n) is 7.95. The average Bonchev–Trinajstić information content (AvgIpc) is 2.16. The Bertz CT molecular complexity index is 197. The van der Waals surface area contributed by atoms with Crippen molar-refractivity contribution < 1.29 is 13.7 Å². The van der Waals surface area contributed by atoms with E-state index in [-0.39, 0.29) is 0 Å². The molecule has 0 aromatic heterocycles. The minimum absolute atomic E-state index is 0.554. The van der Waals surface area contributed by atoms with Gasteiger partial charge < -0.3 is 9.53 Å². The van der Waals surface area contributed by atoms with Crippen molar-refractivity contribution >= 4 is 17.1 Å². The lowest BCUT2D eigenvalue weighted by Crippen LogP contribution is -2.39. The highest BCUT2D eigenvalue weighted by molar-refractivity contribution is 7.84. The van der Waals surface area contributed by atoms with Crippen LogP contribution in [0.3, 0.4) is 0 Å². The second kappa shape index (κ2) is 4.86. The first-order valence-electron chi connectivity index (χ1n) is 4.59. The fourth-order valence-corrected chi connectivity index (χ4v) is 2.17. The molecule has 0 N–H and O–H groups in total. The van der Waals surface area contributed by atoms with E-state index >= 15 is 0 Å². The molecule has 1 rings (SSSR count). The van der Waals surface area contributed by atoms with Gasteiger partial charge in [-0.25, -0.2) is 0 Å². The number of carbonyl (C=O) groups excluding carboxylic acids is 1. The van der Waals surface area contributed by atoms with Crippen molar-refractivity contribution in [2.24, 2.45) is 0 Å². The first kappa shape index (κ1) is 10.9. The van der Waals surface area contributed by atoms with E-state index < -0.39 is 16.4 Å². The molecular formula is C9H16O3S. The predicted molar refractivity (Wildman–Crippen MR) is 52.1 cm³/mol. The summed E-state index contributed by atoms with van der Waals surface area (Å²) in [5, 5.41) is 0. The Labute approximate surface area is 81.3 Å². The lowest BCUT2D eigenvalue weighted by atomic mass is 9.93. The van der Waals surface area contributed by atoms with Gasteiger partial charge in [-0.15, -0.1) is 0 Å². The van der Waals surface area contributed by atoms with E-state index in [0.717, 1.165) is 25.5 Å². The summed E-state index contributed by atoms with van der Waals surface area (Å²) in [6.45, 7) is 0.662. The molecule has 0 aromatic rings. The number of rotatable bonds is 4.